The normalized spacial score (nSPS) is 16.5. The van der Waals surface area contributed by atoms with Gasteiger partial charge in [-0.3, -0.25) is 10.1 Å². The molecule has 1 saturated carbocycles. The highest BCUT2D eigenvalue weighted by atomic mass is 16.6. The summed E-state index contributed by atoms with van der Waals surface area (Å²) in [5.74, 6) is 0.758. The molecule has 1 aliphatic carbocycles. The van der Waals surface area contributed by atoms with Crippen LogP contribution in [0, 0.1) is 16.0 Å². The van der Waals surface area contributed by atoms with Gasteiger partial charge in [0, 0.05) is 30.9 Å². The highest BCUT2D eigenvalue weighted by Gasteiger charge is 2.17. The lowest BCUT2D eigenvalue weighted by Crippen LogP contribution is -2.27. The van der Waals surface area contributed by atoms with Gasteiger partial charge < -0.3 is 10.6 Å². The molecule has 1 aliphatic rings. The van der Waals surface area contributed by atoms with Crippen molar-refractivity contribution in [1.29, 1.82) is 0 Å². The minimum absolute atomic E-state index is 0.111. The zero-order chi connectivity index (χ0) is 14.5. The molecule has 0 aromatic heterocycles. The second kappa shape index (κ2) is 6.70. The van der Waals surface area contributed by atoms with E-state index in [0.29, 0.717) is 12.2 Å². The van der Waals surface area contributed by atoms with Gasteiger partial charge in [0.1, 0.15) is 0 Å². The first kappa shape index (κ1) is 14.8. The van der Waals surface area contributed by atoms with Gasteiger partial charge in [-0.25, -0.2) is 0 Å². The Bertz CT molecular complexity index is 470. The van der Waals surface area contributed by atoms with Gasteiger partial charge in [-0.2, -0.15) is 0 Å². The highest BCUT2D eigenvalue weighted by molar-refractivity contribution is 5.52. The zero-order valence-electron chi connectivity index (χ0n) is 12.0. The van der Waals surface area contributed by atoms with E-state index in [1.54, 1.807) is 12.1 Å². The number of benzene rings is 1. The highest BCUT2D eigenvalue weighted by Crippen LogP contribution is 2.26. The van der Waals surface area contributed by atoms with Crippen molar-refractivity contribution in [3.05, 3.63) is 33.9 Å². The molecular formula is C15H23N3O2. The quantitative estimate of drug-likeness (QED) is 0.509. The van der Waals surface area contributed by atoms with Crippen molar-refractivity contribution in [2.24, 2.45) is 5.92 Å². The molecule has 0 radical (unpaired) electrons. The van der Waals surface area contributed by atoms with E-state index in [0.717, 1.165) is 18.0 Å². The van der Waals surface area contributed by atoms with E-state index in [2.05, 4.69) is 11.9 Å². The van der Waals surface area contributed by atoms with E-state index in [4.69, 9.17) is 5.73 Å². The third-order valence-electron chi connectivity index (χ3n) is 4.07. The Labute approximate surface area is 119 Å². The smallest absolute Gasteiger partial charge is 0.269 e. The second-order valence-electron chi connectivity index (χ2n) is 5.84. The van der Waals surface area contributed by atoms with Gasteiger partial charge in [0.05, 0.1) is 4.92 Å². The lowest BCUT2D eigenvalue weighted by atomic mass is 9.89. The predicted octanol–water partition coefficient (Wildman–Crippen LogP) is 3.19. The molecule has 0 saturated heterocycles. The second-order valence-corrected chi connectivity index (χ2v) is 5.84. The third kappa shape index (κ3) is 3.93. The molecule has 0 amide bonds. The van der Waals surface area contributed by atoms with Crippen LogP contribution in [0.4, 0.5) is 11.4 Å². The van der Waals surface area contributed by atoms with E-state index in [-0.39, 0.29) is 10.6 Å². The van der Waals surface area contributed by atoms with Gasteiger partial charge in [-0.05, 0) is 37.4 Å². The van der Waals surface area contributed by atoms with Crippen molar-refractivity contribution in [3.8, 4) is 0 Å². The molecule has 0 atom stereocenters. The number of non-ortho nitro benzene ring substituents is 1. The van der Waals surface area contributed by atoms with Gasteiger partial charge in [0.25, 0.3) is 5.69 Å². The first-order chi connectivity index (χ1) is 9.56. The lowest BCUT2D eigenvalue weighted by Gasteiger charge is -2.27. The molecule has 0 bridgehead atoms. The maximum absolute atomic E-state index is 10.8. The Morgan fingerprint density at radius 3 is 2.70 bits per heavy atom. The van der Waals surface area contributed by atoms with Crippen molar-refractivity contribution < 1.29 is 4.92 Å². The monoisotopic (exact) mass is 277 g/mol. The number of anilines is 1. The molecule has 0 heterocycles. The predicted molar refractivity (Wildman–Crippen MR) is 80.4 cm³/mol. The summed E-state index contributed by atoms with van der Waals surface area (Å²) < 4.78 is 0. The summed E-state index contributed by atoms with van der Waals surface area (Å²) in [5.41, 5.74) is 7.51. The summed E-state index contributed by atoms with van der Waals surface area (Å²) >= 11 is 0. The average molecular weight is 277 g/mol. The Balaban J connectivity index is 1.97. The SMILES string of the molecule is CN(Cc1cc([N+](=O)[O-])ccc1N)CC1CCCCC1. The first-order valence-electron chi connectivity index (χ1n) is 7.27. The molecule has 1 fully saturated rings. The number of hydrogen-bond donors (Lipinski definition) is 1. The number of nitro groups is 1. The molecule has 2 N–H and O–H groups in total. The lowest BCUT2D eigenvalue weighted by molar-refractivity contribution is -0.384. The summed E-state index contributed by atoms with van der Waals surface area (Å²) in [6.45, 7) is 1.71. The fourth-order valence-electron chi connectivity index (χ4n) is 3.01. The van der Waals surface area contributed by atoms with Gasteiger partial charge in [0.2, 0.25) is 0 Å². The number of rotatable bonds is 5. The van der Waals surface area contributed by atoms with E-state index in [9.17, 15) is 10.1 Å². The molecule has 2 rings (SSSR count). The summed E-state index contributed by atoms with van der Waals surface area (Å²) in [5, 5.41) is 10.8. The van der Waals surface area contributed by atoms with Crippen LogP contribution in [-0.4, -0.2) is 23.4 Å². The van der Waals surface area contributed by atoms with Crippen LogP contribution in [0.25, 0.3) is 0 Å². The Kier molecular flexibility index (Phi) is 4.95. The van der Waals surface area contributed by atoms with Gasteiger partial charge in [0.15, 0.2) is 0 Å². The number of nitro benzene ring substituents is 1. The maximum Gasteiger partial charge on any atom is 0.269 e. The number of nitrogens with zero attached hydrogens (tertiary/aromatic N) is 2. The van der Waals surface area contributed by atoms with Crippen molar-refractivity contribution in [1.82, 2.24) is 4.90 Å². The summed E-state index contributed by atoms with van der Waals surface area (Å²) in [4.78, 5) is 12.7. The largest absolute Gasteiger partial charge is 0.398 e. The van der Waals surface area contributed by atoms with Crippen LogP contribution in [0.1, 0.15) is 37.7 Å². The van der Waals surface area contributed by atoms with Crippen molar-refractivity contribution in [2.75, 3.05) is 19.3 Å². The Morgan fingerprint density at radius 2 is 2.05 bits per heavy atom. The van der Waals surface area contributed by atoms with E-state index >= 15 is 0 Å². The van der Waals surface area contributed by atoms with E-state index in [1.807, 2.05) is 0 Å². The van der Waals surface area contributed by atoms with Crippen molar-refractivity contribution in [2.45, 2.75) is 38.6 Å². The molecule has 1 aromatic rings. The van der Waals surface area contributed by atoms with Gasteiger partial charge in [-0.1, -0.05) is 19.3 Å². The Morgan fingerprint density at radius 1 is 1.35 bits per heavy atom. The zero-order valence-corrected chi connectivity index (χ0v) is 12.0. The van der Waals surface area contributed by atoms with Gasteiger partial charge >= 0.3 is 0 Å². The molecule has 0 spiro atoms. The van der Waals surface area contributed by atoms with E-state index in [1.165, 1.54) is 38.2 Å². The topological polar surface area (TPSA) is 72.4 Å². The van der Waals surface area contributed by atoms with Gasteiger partial charge in [-0.15, -0.1) is 0 Å². The summed E-state index contributed by atoms with van der Waals surface area (Å²) in [6, 6.07) is 4.68. The molecule has 110 valence electrons. The average Bonchev–Trinajstić information content (AvgIpc) is 2.42. The molecule has 1 aromatic carbocycles. The van der Waals surface area contributed by atoms with Crippen LogP contribution in [0.3, 0.4) is 0 Å². The van der Waals surface area contributed by atoms with Crippen molar-refractivity contribution >= 4 is 11.4 Å². The summed E-state index contributed by atoms with van der Waals surface area (Å²) in [6.07, 6.45) is 6.62. The maximum atomic E-state index is 10.8. The Hall–Kier alpha value is -1.62. The first-order valence-corrected chi connectivity index (χ1v) is 7.27. The number of nitrogen functional groups attached to an aromatic ring is 1. The fourth-order valence-corrected chi connectivity index (χ4v) is 3.01. The summed E-state index contributed by atoms with van der Waals surface area (Å²) in [7, 11) is 2.06. The standard InChI is InChI=1S/C15H23N3O2/c1-17(10-12-5-3-2-4-6-12)11-13-9-14(18(19)20)7-8-15(13)16/h7-9,12H,2-6,10-11,16H2,1H3. The van der Waals surface area contributed by atoms with Crippen LogP contribution in [0.15, 0.2) is 18.2 Å². The molecular weight excluding hydrogens is 254 g/mol. The van der Waals surface area contributed by atoms with Crippen molar-refractivity contribution in [3.63, 3.8) is 0 Å². The van der Waals surface area contributed by atoms with Crippen LogP contribution in [0.2, 0.25) is 0 Å². The molecule has 20 heavy (non-hydrogen) atoms. The molecule has 5 heteroatoms. The molecule has 0 aliphatic heterocycles. The van der Waals surface area contributed by atoms with Crippen LogP contribution in [0.5, 0.6) is 0 Å². The number of nitrogens with two attached hydrogens (primary N) is 1. The molecule has 5 nitrogen and oxygen atoms in total. The van der Waals surface area contributed by atoms with Crippen LogP contribution >= 0.6 is 0 Å². The minimum Gasteiger partial charge on any atom is -0.398 e. The third-order valence-corrected chi connectivity index (χ3v) is 4.07. The molecule has 0 unspecified atom stereocenters. The van der Waals surface area contributed by atoms with Crippen LogP contribution in [-0.2, 0) is 6.54 Å². The minimum atomic E-state index is -0.371. The van der Waals surface area contributed by atoms with E-state index < -0.39 is 0 Å². The van der Waals surface area contributed by atoms with Crippen LogP contribution < -0.4 is 5.73 Å². The fraction of sp³-hybridized carbons (Fsp3) is 0.600. The number of hydrogen-bond acceptors (Lipinski definition) is 4.